The SMILES string of the molecule is COC(CC(=O)NC(COC(=O)CC1O[C@@H]2OC3(C)CC[C@H]4[C@H](C)CC[C@@H]([C@H]1C)[C@@]24OO3)COC(=O)CC1O[C@@H]2O[C@@]3(C)CC[C@H]4[C@H](C)CC[C@@H]([C@H]1C)[C@@]24OO3)[C@H](C)[C@@H]1CC[C@@H](C)C2CC[C@H](C)OC[C@@]21OO. The number of methoxy groups -OCH3 is 1. The minimum atomic E-state index is -0.954. The fraction of sp³-hybridized carbons (Fsp3) is 0.945. The van der Waals surface area contributed by atoms with Gasteiger partial charge < -0.3 is 43.2 Å². The van der Waals surface area contributed by atoms with E-state index in [0.29, 0.717) is 30.6 Å². The molecule has 18 heteroatoms. The molecule has 12 fully saturated rings. The molecule has 12 rings (SSSR count). The number of esters is 2. The van der Waals surface area contributed by atoms with Crippen LogP contribution in [0, 0.1) is 71.0 Å². The normalized spacial score (nSPS) is 49.0. The van der Waals surface area contributed by atoms with Gasteiger partial charge in [0, 0.05) is 31.8 Å². The van der Waals surface area contributed by atoms with Crippen LogP contribution in [-0.4, -0.2) is 121 Å². The Morgan fingerprint density at radius 2 is 1.14 bits per heavy atom. The molecule has 24 atom stereocenters. The van der Waals surface area contributed by atoms with E-state index >= 15 is 0 Å². The predicted octanol–water partition coefficient (Wildman–Crippen LogP) is 7.97. The first-order valence-corrected chi connectivity index (χ1v) is 28.3. The summed E-state index contributed by atoms with van der Waals surface area (Å²) < 4.78 is 50.8. The Morgan fingerprint density at radius 3 is 1.64 bits per heavy atom. The van der Waals surface area contributed by atoms with Crippen LogP contribution in [-0.2, 0) is 76.7 Å². The van der Waals surface area contributed by atoms with E-state index < -0.39 is 77.2 Å². The van der Waals surface area contributed by atoms with E-state index in [0.717, 1.165) is 64.2 Å². The van der Waals surface area contributed by atoms with Gasteiger partial charge in [0.25, 0.3) is 0 Å². The van der Waals surface area contributed by atoms with Gasteiger partial charge in [-0.15, -0.1) is 0 Å². The highest BCUT2D eigenvalue weighted by atomic mass is 17.3. The van der Waals surface area contributed by atoms with Gasteiger partial charge in [0.1, 0.15) is 18.8 Å². The molecule has 0 aromatic rings. The average Bonchev–Trinajstić information content (AvgIpc) is 3.82. The summed E-state index contributed by atoms with van der Waals surface area (Å²) in [4.78, 5) is 72.4. The monoisotopic (exact) mass is 1030 g/mol. The molecule has 6 unspecified atom stereocenters. The van der Waals surface area contributed by atoms with Gasteiger partial charge in [-0.05, 0) is 144 Å². The van der Waals surface area contributed by atoms with Crippen LogP contribution < -0.4 is 5.32 Å². The Kier molecular flexibility index (Phi) is 15.6. The highest BCUT2D eigenvalue weighted by molar-refractivity contribution is 5.77. The summed E-state index contributed by atoms with van der Waals surface area (Å²) in [5.74, 6) is -2.22. The van der Waals surface area contributed by atoms with E-state index in [1.165, 1.54) is 0 Å². The molecule has 0 radical (unpaired) electrons. The van der Waals surface area contributed by atoms with Crippen molar-refractivity contribution < 1.29 is 82.0 Å². The third kappa shape index (κ3) is 9.64. The van der Waals surface area contributed by atoms with Crippen LogP contribution in [0.5, 0.6) is 0 Å². The van der Waals surface area contributed by atoms with Crippen molar-refractivity contribution in [2.24, 2.45) is 71.0 Å². The summed E-state index contributed by atoms with van der Waals surface area (Å²) in [6.07, 6.45) is 7.28. The van der Waals surface area contributed by atoms with E-state index in [-0.39, 0.29) is 104 Å². The van der Waals surface area contributed by atoms with E-state index in [9.17, 15) is 19.6 Å². The largest absolute Gasteiger partial charge is 0.463 e. The Labute approximate surface area is 431 Å². The Hall–Kier alpha value is -2.07. The second-order valence-electron chi connectivity index (χ2n) is 25.3. The van der Waals surface area contributed by atoms with Gasteiger partial charge in [0.05, 0.1) is 56.3 Å². The topological polar surface area (TPSA) is 203 Å². The van der Waals surface area contributed by atoms with Gasteiger partial charge in [-0.2, -0.15) is 0 Å². The number of nitrogens with one attached hydrogen (secondary N) is 1. The van der Waals surface area contributed by atoms with Gasteiger partial charge in [0.2, 0.25) is 17.5 Å². The minimum absolute atomic E-state index is 0.0335. The minimum Gasteiger partial charge on any atom is -0.463 e. The average molecular weight is 1030 g/mol. The molecule has 9 aliphatic heterocycles. The lowest BCUT2D eigenvalue weighted by Crippen LogP contribution is -2.70. The quantitative estimate of drug-likeness (QED) is 0.0907. The van der Waals surface area contributed by atoms with Crippen molar-refractivity contribution in [1.29, 1.82) is 0 Å². The molecule has 73 heavy (non-hydrogen) atoms. The maximum Gasteiger partial charge on any atom is 0.308 e. The zero-order valence-corrected chi connectivity index (χ0v) is 45.2. The molecule has 414 valence electrons. The van der Waals surface area contributed by atoms with Crippen LogP contribution in [0.15, 0.2) is 0 Å². The third-order valence-corrected chi connectivity index (χ3v) is 21.0. The van der Waals surface area contributed by atoms with Crippen molar-refractivity contribution in [3.63, 3.8) is 0 Å². The fourth-order valence-electron chi connectivity index (χ4n) is 16.6. The van der Waals surface area contributed by atoms with Crippen molar-refractivity contribution in [3.8, 4) is 0 Å². The van der Waals surface area contributed by atoms with Crippen LogP contribution in [0.25, 0.3) is 0 Å². The summed E-state index contributed by atoms with van der Waals surface area (Å²) in [7, 11) is 1.58. The molecule has 12 aliphatic rings. The lowest BCUT2D eigenvalue weighted by Gasteiger charge is -2.60. The molecule has 2 N–H and O–H groups in total. The van der Waals surface area contributed by atoms with Crippen molar-refractivity contribution in [3.05, 3.63) is 0 Å². The molecule has 0 aromatic carbocycles. The second kappa shape index (κ2) is 21.0. The van der Waals surface area contributed by atoms with E-state index in [1.54, 1.807) is 7.11 Å². The molecule has 9 heterocycles. The number of hydrogen-bond acceptors (Lipinski definition) is 17. The van der Waals surface area contributed by atoms with Crippen LogP contribution >= 0.6 is 0 Å². The van der Waals surface area contributed by atoms with Crippen molar-refractivity contribution in [2.75, 3.05) is 26.9 Å². The molecule has 18 nitrogen and oxygen atoms in total. The maximum absolute atomic E-state index is 14.3. The van der Waals surface area contributed by atoms with Gasteiger partial charge in [-0.3, -0.25) is 19.6 Å². The van der Waals surface area contributed by atoms with Crippen molar-refractivity contribution in [1.82, 2.24) is 5.32 Å². The summed E-state index contributed by atoms with van der Waals surface area (Å²) in [5.41, 5.74) is -2.48. The smallest absolute Gasteiger partial charge is 0.308 e. The first-order valence-electron chi connectivity index (χ1n) is 28.3. The van der Waals surface area contributed by atoms with Crippen molar-refractivity contribution in [2.45, 2.75) is 230 Å². The number of rotatable bonds is 15. The number of carbonyl (C=O) groups is 3. The van der Waals surface area contributed by atoms with Crippen LogP contribution in [0.2, 0.25) is 0 Å². The molecular weight excluding hydrogens is 947 g/mol. The van der Waals surface area contributed by atoms with E-state index in [1.807, 2.05) is 27.7 Å². The summed E-state index contributed by atoms with van der Waals surface area (Å²) in [5, 5.41) is 13.7. The standard InChI is InChI=1S/C55H87NO17/c1-29-11-15-40(53(69-60)28-64-32(4)14-18-37(29)53)33(5)43(61-10)23-46(57)56-36(26-62-47(58)24-44-34(6)41-16-12-30(2)38-19-21-51(8)67-49(65-44)54(38,41)72-70-51)27-63-48(59)25-45-35(7)42-17-13-31(3)39-20-22-52(9)68-50(66-45)55(39,42)73-71-52/h29-45,49-50,60H,11-28H2,1-10H3,(H,56,57)/t29-,30-,31-,32+,33-,34-,35-,36?,37?,38+,39+,40+,41+,42+,43?,44?,45?,49-,50-,51-,52?,53-,54-,55-/m1/s1. The number of ether oxygens (including phenoxy) is 8. The molecule has 1 amide bonds. The Bertz CT molecular complexity index is 1900. The van der Waals surface area contributed by atoms with Gasteiger partial charge in [0.15, 0.2) is 23.8 Å². The van der Waals surface area contributed by atoms with Crippen LogP contribution in [0.3, 0.4) is 0 Å². The molecule has 3 aliphatic carbocycles. The number of carbonyl (C=O) groups excluding carboxylic acids is 3. The zero-order chi connectivity index (χ0) is 51.8. The lowest BCUT2D eigenvalue weighted by molar-refractivity contribution is -0.571. The molecule has 2 spiro atoms. The van der Waals surface area contributed by atoms with Gasteiger partial charge in [-0.1, -0.05) is 41.5 Å². The van der Waals surface area contributed by atoms with Gasteiger partial charge >= 0.3 is 11.9 Å². The maximum atomic E-state index is 14.3. The van der Waals surface area contributed by atoms with Crippen LogP contribution in [0.4, 0.5) is 0 Å². The zero-order valence-electron chi connectivity index (χ0n) is 45.2. The van der Waals surface area contributed by atoms with E-state index in [2.05, 4.69) is 39.9 Å². The lowest BCUT2D eigenvalue weighted by atomic mass is 9.57. The number of hydrogen-bond donors (Lipinski definition) is 2. The number of amides is 1. The van der Waals surface area contributed by atoms with E-state index in [4.69, 9.17) is 62.3 Å². The first kappa shape index (κ1) is 54.3. The fourth-order valence-corrected chi connectivity index (χ4v) is 16.6. The second-order valence-corrected chi connectivity index (χ2v) is 25.3. The molecule has 0 aromatic heterocycles. The highest BCUT2D eigenvalue weighted by Crippen LogP contribution is 2.63. The third-order valence-electron chi connectivity index (χ3n) is 21.0. The Morgan fingerprint density at radius 1 is 0.644 bits per heavy atom. The summed E-state index contributed by atoms with van der Waals surface area (Å²) in [6.45, 7) is 18.5. The highest BCUT2D eigenvalue weighted by Gasteiger charge is 2.71. The molecular formula is C55H87NO17. The summed E-state index contributed by atoms with van der Waals surface area (Å²) >= 11 is 0. The Balaban J connectivity index is 0.819. The molecule has 3 saturated carbocycles. The van der Waals surface area contributed by atoms with Crippen molar-refractivity contribution >= 4 is 17.8 Å². The summed E-state index contributed by atoms with van der Waals surface area (Å²) in [6, 6.07) is -0.906. The first-order chi connectivity index (χ1) is 34.8. The number of fused-ring (bicyclic) bond motifs is 5. The van der Waals surface area contributed by atoms with Crippen LogP contribution in [0.1, 0.15) is 159 Å². The van der Waals surface area contributed by atoms with Gasteiger partial charge in [-0.25, -0.2) is 24.4 Å². The predicted molar refractivity (Wildman–Crippen MR) is 258 cm³/mol. The molecule has 9 saturated heterocycles. The molecule has 4 bridgehead atoms.